The van der Waals surface area contributed by atoms with Gasteiger partial charge in [-0.15, -0.1) is 6.58 Å². The highest BCUT2D eigenvalue weighted by Crippen LogP contribution is 2.38. The first kappa shape index (κ1) is 18.2. The largest absolute Gasteiger partial charge is 0.444 e. The summed E-state index contributed by atoms with van der Waals surface area (Å²) in [6, 6.07) is 0. The van der Waals surface area contributed by atoms with Crippen LogP contribution in [-0.4, -0.2) is 55.2 Å². The Morgan fingerprint density at radius 3 is 2.57 bits per heavy atom. The molecule has 0 aromatic heterocycles. The number of ether oxygens (including phenoxy) is 5. The van der Waals surface area contributed by atoms with Crippen LogP contribution in [0.2, 0.25) is 0 Å². The van der Waals surface area contributed by atoms with Gasteiger partial charge in [-0.1, -0.05) is 6.08 Å². The van der Waals surface area contributed by atoms with Crippen LogP contribution in [0.5, 0.6) is 0 Å². The molecule has 4 atom stereocenters. The molecule has 7 heteroatoms. The maximum Gasteiger partial charge on any atom is 0.407 e. The summed E-state index contributed by atoms with van der Waals surface area (Å²) in [6.45, 7) is 13.3. The van der Waals surface area contributed by atoms with Crippen molar-refractivity contribution >= 4 is 6.09 Å². The van der Waals surface area contributed by atoms with E-state index in [1.165, 1.54) is 0 Å². The van der Waals surface area contributed by atoms with Crippen LogP contribution in [0.4, 0.5) is 4.79 Å². The van der Waals surface area contributed by atoms with Crippen LogP contribution in [-0.2, 0) is 23.7 Å². The maximum absolute atomic E-state index is 11.8. The average Bonchev–Trinajstić information content (AvgIpc) is 2.86. The number of carbonyl (C=O) groups excluding carboxylic acids is 1. The molecule has 7 nitrogen and oxygen atoms in total. The van der Waals surface area contributed by atoms with Crippen molar-refractivity contribution in [1.29, 1.82) is 0 Å². The van der Waals surface area contributed by atoms with Crippen molar-refractivity contribution in [2.75, 3.05) is 13.2 Å². The van der Waals surface area contributed by atoms with Crippen LogP contribution in [0, 0.1) is 0 Å². The lowest BCUT2D eigenvalue weighted by Gasteiger charge is -2.24. The number of hydrogen-bond donors (Lipinski definition) is 1. The molecule has 0 radical (unpaired) electrons. The molecular weight excluding hydrogens is 302 g/mol. The number of alkyl carbamates (subject to hydrolysis) is 1. The van der Waals surface area contributed by atoms with E-state index < -0.39 is 23.8 Å². The monoisotopic (exact) mass is 329 g/mol. The summed E-state index contributed by atoms with van der Waals surface area (Å²) in [5, 5.41) is 2.70. The van der Waals surface area contributed by atoms with Gasteiger partial charge in [0.2, 0.25) is 0 Å². The van der Waals surface area contributed by atoms with Crippen molar-refractivity contribution in [2.45, 2.75) is 70.6 Å². The number of hydrogen-bond acceptors (Lipinski definition) is 6. The Kier molecular flexibility index (Phi) is 5.35. The van der Waals surface area contributed by atoms with E-state index in [0.29, 0.717) is 6.61 Å². The van der Waals surface area contributed by atoms with E-state index in [1.807, 2.05) is 34.6 Å². The predicted octanol–water partition coefficient (Wildman–Crippen LogP) is 1.96. The van der Waals surface area contributed by atoms with Crippen LogP contribution in [0.25, 0.3) is 0 Å². The number of rotatable bonds is 5. The summed E-state index contributed by atoms with van der Waals surface area (Å²) in [5.74, 6) is -0.709. The van der Waals surface area contributed by atoms with Gasteiger partial charge in [-0.05, 0) is 34.6 Å². The molecule has 0 unspecified atom stereocenters. The lowest BCUT2D eigenvalue weighted by Crippen LogP contribution is -2.41. The molecule has 2 rings (SSSR count). The summed E-state index contributed by atoms with van der Waals surface area (Å²) in [4.78, 5) is 11.8. The van der Waals surface area contributed by atoms with Gasteiger partial charge in [-0.2, -0.15) is 0 Å². The molecule has 1 amide bonds. The third kappa shape index (κ3) is 4.91. The van der Waals surface area contributed by atoms with Crippen molar-refractivity contribution in [1.82, 2.24) is 5.32 Å². The Balaban J connectivity index is 1.93. The zero-order chi connectivity index (χ0) is 17.3. The Morgan fingerprint density at radius 1 is 1.30 bits per heavy atom. The highest BCUT2D eigenvalue weighted by Gasteiger charge is 2.55. The van der Waals surface area contributed by atoms with Gasteiger partial charge >= 0.3 is 6.09 Å². The molecule has 23 heavy (non-hydrogen) atoms. The van der Waals surface area contributed by atoms with E-state index in [0.717, 1.165) is 0 Å². The van der Waals surface area contributed by atoms with Crippen molar-refractivity contribution in [3.05, 3.63) is 12.7 Å². The fraction of sp³-hybridized carbons (Fsp3) is 0.812. The summed E-state index contributed by atoms with van der Waals surface area (Å²) < 4.78 is 28.4. The van der Waals surface area contributed by atoms with Gasteiger partial charge in [0.1, 0.15) is 23.9 Å². The molecule has 0 aromatic carbocycles. The number of fused-ring (bicyclic) bond motifs is 1. The molecular formula is C16H27NO6. The Hall–Kier alpha value is -1.15. The Labute approximate surface area is 137 Å². The highest BCUT2D eigenvalue weighted by atomic mass is 16.8. The van der Waals surface area contributed by atoms with Crippen LogP contribution >= 0.6 is 0 Å². The second-order valence-corrected chi connectivity index (χ2v) is 7.11. The number of nitrogens with one attached hydrogen (secondary N) is 1. The van der Waals surface area contributed by atoms with E-state index in [-0.39, 0.29) is 24.9 Å². The van der Waals surface area contributed by atoms with E-state index in [2.05, 4.69) is 11.9 Å². The molecule has 0 aromatic rings. The second kappa shape index (κ2) is 6.76. The minimum Gasteiger partial charge on any atom is -0.444 e. The van der Waals surface area contributed by atoms with Crippen LogP contribution in [0.15, 0.2) is 12.7 Å². The van der Waals surface area contributed by atoms with Crippen molar-refractivity contribution in [3.63, 3.8) is 0 Å². The predicted molar refractivity (Wildman–Crippen MR) is 82.9 cm³/mol. The molecule has 1 N–H and O–H groups in total. The molecule has 2 fully saturated rings. The molecule has 2 aliphatic rings. The molecule has 132 valence electrons. The summed E-state index contributed by atoms with van der Waals surface area (Å²) in [5.41, 5.74) is -0.548. The molecule has 0 spiro atoms. The molecule has 0 aliphatic carbocycles. The third-order valence-electron chi connectivity index (χ3n) is 3.33. The molecule has 2 aliphatic heterocycles. The number of carbonyl (C=O) groups is 1. The van der Waals surface area contributed by atoms with Crippen molar-refractivity contribution in [2.24, 2.45) is 0 Å². The number of amides is 1. The zero-order valence-corrected chi connectivity index (χ0v) is 14.5. The minimum absolute atomic E-state index is 0.253. The first-order chi connectivity index (χ1) is 10.6. The first-order valence-electron chi connectivity index (χ1n) is 7.82. The average molecular weight is 329 g/mol. The van der Waals surface area contributed by atoms with E-state index in [1.54, 1.807) is 6.08 Å². The third-order valence-corrected chi connectivity index (χ3v) is 3.33. The lowest BCUT2D eigenvalue weighted by molar-refractivity contribution is -0.230. The smallest absolute Gasteiger partial charge is 0.407 e. The van der Waals surface area contributed by atoms with Gasteiger partial charge in [0.05, 0.1) is 6.61 Å². The van der Waals surface area contributed by atoms with Gasteiger partial charge in [0.15, 0.2) is 12.1 Å². The molecule has 2 saturated heterocycles. The molecule has 2 heterocycles. The van der Waals surface area contributed by atoms with E-state index >= 15 is 0 Å². The first-order valence-corrected chi connectivity index (χ1v) is 7.82. The Morgan fingerprint density at radius 2 is 1.96 bits per heavy atom. The zero-order valence-electron chi connectivity index (χ0n) is 14.5. The van der Waals surface area contributed by atoms with E-state index in [9.17, 15) is 4.79 Å². The minimum atomic E-state index is -0.709. The fourth-order valence-electron chi connectivity index (χ4n) is 2.60. The summed E-state index contributed by atoms with van der Waals surface area (Å²) in [7, 11) is 0. The fourth-order valence-corrected chi connectivity index (χ4v) is 2.60. The van der Waals surface area contributed by atoms with Crippen molar-refractivity contribution < 1.29 is 28.5 Å². The van der Waals surface area contributed by atoms with Crippen molar-refractivity contribution in [3.8, 4) is 0 Å². The van der Waals surface area contributed by atoms with Gasteiger partial charge in [0, 0.05) is 6.54 Å². The van der Waals surface area contributed by atoms with E-state index in [4.69, 9.17) is 23.7 Å². The molecule has 0 saturated carbocycles. The SMILES string of the molecule is C=CCO[C@@H]1O[C@H](CNC(=O)OC(C)(C)C)[C@H]2OC(C)(C)O[C@@H]12. The normalized spacial score (nSPS) is 32.4. The Bertz CT molecular complexity index is 444. The van der Waals surface area contributed by atoms with Crippen LogP contribution in [0.1, 0.15) is 34.6 Å². The maximum atomic E-state index is 11.8. The topological polar surface area (TPSA) is 75.3 Å². The lowest BCUT2D eigenvalue weighted by atomic mass is 10.1. The quantitative estimate of drug-likeness (QED) is 0.777. The van der Waals surface area contributed by atoms with Gasteiger partial charge in [-0.3, -0.25) is 0 Å². The van der Waals surface area contributed by atoms with Gasteiger partial charge in [-0.25, -0.2) is 4.79 Å². The second-order valence-electron chi connectivity index (χ2n) is 7.11. The van der Waals surface area contributed by atoms with Gasteiger partial charge < -0.3 is 29.0 Å². The summed E-state index contributed by atoms with van der Waals surface area (Å²) in [6.07, 6.45) is -0.420. The van der Waals surface area contributed by atoms with Crippen LogP contribution < -0.4 is 5.32 Å². The van der Waals surface area contributed by atoms with Crippen LogP contribution in [0.3, 0.4) is 0 Å². The highest BCUT2D eigenvalue weighted by molar-refractivity contribution is 5.67. The standard InChI is InChI=1S/C16H27NO6/c1-7-8-19-13-12-11(21-16(5,6)22-12)10(20-13)9-17-14(18)23-15(2,3)4/h7,10-13H,1,8-9H2,2-6H3,(H,17,18)/t10-,11-,12-,13-/m1/s1. The summed E-state index contributed by atoms with van der Waals surface area (Å²) >= 11 is 0. The van der Waals surface area contributed by atoms with Gasteiger partial charge in [0.25, 0.3) is 0 Å². The molecule has 0 bridgehead atoms.